The van der Waals surface area contributed by atoms with Gasteiger partial charge in [-0.2, -0.15) is 0 Å². The quantitative estimate of drug-likeness (QED) is 0.406. The second-order valence-corrected chi connectivity index (χ2v) is 8.64. The number of thiophene rings is 1. The molecule has 0 atom stereocenters. The number of aromatic nitrogens is 5. The number of nitrogens with zero attached hydrogens (tertiary/aromatic N) is 6. The van der Waals surface area contributed by atoms with Crippen LogP contribution in [-0.2, 0) is 0 Å². The summed E-state index contributed by atoms with van der Waals surface area (Å²) in [6.45, 7) is 1.77. The summed E-state index contributed by atoms with van der Waals surface area (Å²) in [4.78, 5) is 12.4. The van der Waals surface area contributed by atoms with Crippen molar-refractivity contribution in [1.82, 2.24) is 24.6 Å². The fraction of sp³-hybridized carbons (Fsp3) is 0.217. The fourth-order valence-electron chi connectivity index (χ4n) is 4.43. The van der Waals surface area contributed by atoms with Gasteiger partial charge in [0.15, 0.2) is 5.65 Å². The Morgan fingerprint density at radius 1 is 0.968 bits per heavy atom. The van der Waals surface area contributed by atoms with Gasteiger partial charge in [-0.05, 0) is 42.7 Å². The maximum atomic E-state index is 13.4. The highest BCUT2D eigenvalue weighted by atomic mass is 32.1. The third-order valence-electron chi connectivity index (χ3n) is 6.01. The maximum Gasteiger partial charge on any atom is 0.160 e. The molecular formula is C23H19FN6S. The molecule has 1 aromatic carbocycles. The van der Waals surface area contributed by atoms with Crippen LogP contribution < -0.4 is 4.90 Å². The summed E-state index contributed by atoms with van der Waals surface area (Å²) in [5.41, 5.74) is 2.93. The smallest absolute Gasteiger partial charge is 0.160 e. The van der Waals surface area contributed by atoms with Gasteiger partial charge in [0.25, 0.3) is 0 Å². The van der Waals surface area contributed by atoms with Crippen LogP contribution in [-0.4, -0.2) is 37.7 Å². The molecule has 0 radical (unpaired) electrons. The van der Waals surface area contributed by atoms with E-state index < -0.39 is 0 Å². The van der Waals surface area contributed by atoms with Gasteiger partial charge in [0, 0.05) is 36.1 Å². The molecule has 0 amide bonds. The zero-order valence-electron chi connectivity index (χ0n) is 16.6. The van der Waals surface area contributed by atoms with Crippen molar-refractivity contribution in [2.75, 3.05) is 18.0 Å². The van der Waals surface area contributed by atoms with E-state index >= 15 is 0 Å². The second kappa shape index (κ2) is 7.39. The van der Waals surface area contributed by atoms with Gasteiger partial charge in [-0.1, -0.05) is 18.2 Å². The second-order valence-electron chi connectivity index (χ2n) is 7.78. The minimum absolute atomic E-state index is 0.233. The molecule has 4 aromatic heterocycles. The van der Waals surface area contributed by atoms with Gasteiger partial charge in [-0.15, -0.1) is 21.5 Å². The van der Waals surface area contributed by atoms with Gasteiger partial charge in [-0.25, -0.2) is 14.4 Å². The third kappa shape index (κ3) is 3.14. The predicted molar refractivity (Wildman–Crippen MR) is 120 cm³/mol. The number of benzene rings is 1. The summed E-state index contributed by atoms with van der Waals surface area (Å²) in [6, 6.07) is 12.6. The normalized spacial score (nSPS) is 15.2. The summed E-state index contributed by atoms with van der Waals surface area (Å²) in [7, 11) is 0. The van der Waals surface area contributed by atoms with Crippen LogP contribution in [0.1, 0.15) is 24.6 Å². The van der Waals surface area contributed by atoms with E-state index in [4.69, 9.17) is 0 Å². The van der Waals surface area contributed by atoms with E-state index in [0.717, 1.165) is 64.6 Å². The maximum absolute atomic E-state index is 13.4. The van der Waals surface area contributed by atoms with Gasteiger partial charge in [0.1, 0.15) is 28.6 Å². The molecule has 5 heterocycles. The summed E-state index contributed by atoms with van der Waals surface area (Å²) < 4.78 is 15.5. The van der Waals surface area contributed by atoms with Crippen LogP contribution in [0.25, 0.3) is 27.0 Å². The lowest BCUT2D eigenvalue weighted by Gasteiger charge is -2.32. The molecule has 154 valence electrons. The Hall–Kier alpha value is -3.39. The van der Waals surface area contributed by atoms with Crippen LogP contribution in [0.3, 0.4) is 0 Å². The first-order chi connectivity index (χ1) is 15.3. The Morgan fingerprint density at radius 2 is 1.81 bits per heavy atom. The minimum Gasteiger partial charge on any atom is -0.356 e. The molecule has 8 heteroatoms. The molecule has 1 aliphatic rings. The van der Waals surface area contributed by atoms with Crippen LogP contribution in [0.4, 0.5) is 10.2 Å². The number of rotatable bonds is 3. The van der Waals surface area contributed by atoms with Crippen molar-refractivity contribution in [2.45, 2.75) is 18.8 Å². The summed E-state index contributed by atoms with van der Waals surface area (Å²) in [5, 5.41) is 11.9. The molecule has 0 saturated carbocycles. The van der Waals surface area contributed by atoms with Crippen LogP contribution in [0.2, 0.25) is 0 Å². The fourth-order valence-corrected chi connectivity index (χ4v) is 5.34. The highest BCUT2D eigenvalue weighted by molar-refractivity contribution is 7.17. The molecule has 5 aromatic rings. The predicted octanol–water partition coefficient (Wildman–Crippen LogP) is 4.92. The molecule has 31 heavy (non-hydrogen) atoms. The van der Waals surface area contributed by atoms with Crippen molar-refractivity contribution in [3.63, 3.8) is 0 Å². The molecule has 1 aliphatic heterocycles. The van der Waals surface area contributed by atoms with Crippen molar-refractivity contribution in [2.24, 2.45) is 0 Å². The van der Waals surface area contributed by atoms with Gasteiger partial charge in [-0.3, -0.25) is 4.40 Å². The van der Waals surface area contributed by atoms with E-state index in [-0.39, 0.29) is 5.82 Å². The van der Waals surface area contributed by atoms with Crippen molar-refractivity contribution in [3.05, 3.63) is 72.0 Å². The topological polar surface area (TPSA) is 59.2 Å². The Kier molecular flexibility index (Phi) is 4.38. The molecule has 0 aliphatic carbocycles. The number of anilines is 1. The van der Waals surface area contributed by atoms with E-state index in [0.29, 0.717) is 5.92 Å². The van der Waals surface area contributed by atoms with Gasteiger partial charge < -0.3 is 4.90 Å². The van der Waals surface area contributed by atoms with Gasteiger partial charge >= 0.3 is 0 Å². The molecule has 6 rings (SSSR count). The van der Waals surface area contributed by atoms with Crippen LogP contribution in [0, 0.1) is 5.82 Å². The van der Waals surface area contributed by atoms with Crippen molar-refractivity contribution < 1.29 is 4.39 Å². The molecule has 6 nitrogen and oxygen atoms in total. The molecule has 1 saturated heterocycles. The molecular weight excluding hydrogens is 411 g/mol. The van der Waals surface area contributed by atoms with Gasteiger partial charge in [0.2, 0.25) is 0 Å². The lowest BCUT2D eigenvalue weighted by Crippen LogP contribution is -2.34. The molecule has 1 fully saturated rings. The van der Waals surface area contributed by atoms with E-state index in [1.54, 1.807) is 17.7 Å². The highest BCUT2D eigenvalue weighted by Gasteiger charge is 2.27. The average Bonchev–Trinajstić information content (AvgIpc) is 3.44. The minimum atomic E-state index is -0.233. The number of hydrogen-bond donors (Lipinski definition) is 0. The number of halogens is 1. The molecule has 0 N–H and O–H groups in total. The standard InChI is InChI=1S/C23H19FN6S/c24-17-6-4-15(5-7-17)18-13-31-23-20(18)22(25-14-26-23)29-11-8-16(9-12-29)21-28-27-19-3-1-2-10-30(19)21/h1-7,10,13-14,16H,8-9,11-12H2. The SMILES string of the molecule is Fc1ccc(-c2csc3ncnc(N4CCC(c5nnc6ccccn56)CC4)c23)cc1. The van der Waals surface area contributed by atoms with Crippen LogP contribution in [0.5, 0.6) is 0 Å². The first-order valence-electron chi connectivity index (χ1n) is 10.3. The monoisotopic (exact) mass is 430 g/mol. The van der Waals surface area contributed by atoms with E-state index in [1.165, 1.54) is 12.1 Å². The summed E-state index contributed by atoms with van der Waals surface area (Å²) >= 11 is 1.60. The lowest BCUT2D eigenvalue weighted by atomic mass is 9.95. The largest absolute Gasteiger partial charge is 0.356 e. The van der Waals surface area contributed by atoms with Crippen molar-refractivity contribution in [1.29, 1.82) is 0 Å². The summed E-state index contributed by atoms with van der Waals surface area (Å²) in [6.07, 6.45) is 5.64. The Labute approximate surface area is 182 Å². The van der Waals surface area contributed by atoms with E-state index in [2.05, 4.69) is 34.8 Å². The highest BCUT2D eigenvalue weighted by Crippen LogP contribution is 2.39. The van der Waals surface area contributed by atoms with E-state index in [9.17, 15) is 4.39 Å². The number of piperidine rings is 1. The molecule has 0 bridgehead atoms. The lowest BCUT2D eigenvalue weighted by molar-refractivity contribution is 0.481. The zero-order chi connectivity index (χ0) is 20.8. The third-order valence-corrected chi connectivity index (χ3v) is 6.89. The Morgan fingerprint density at radius 3 is 2.65 bits per heavy atom. The number of hydrogen-bond acceptors (Lipinski definition) is 6. The zero-order valence-corrected chi connectivity index (χ0v) is 17.5. The average molecular weight is 431 g/mol. The van der Waals surface area contributed by atoms with E-state index in [1.807, 2.05) is 36.5 Å². The summed E-state index contributed by atoms with van der Waals surface area (Å²) in [5.74, 6) is 2.12. The Bertz CT molecular complexity index is 1370. The first kappa shape index (κ1) is 18.4. The number of pyridine rings is 1. The molecule has 0 spiro atoms. The van der Waals surface area contributed by atoms with Crippen LogP contribution in [0.15, 0.2) is 60.4 Å². The van der Waals surface area contributed by atoms with Gasteiger partial charge in [0.05, 0.1) is 5.39 Å². The number of fused-ring (bicyclic) bond motifs is 2. The van der Waals surface area contributed by atoms with Crippen LogP contribution >= 0.6 is 11.3 Å². The van der Waals surface area contributed by atoms with Crippen molar-refractivity contribution in [3.8, 4) is 11.1 Å². The first-order valence-corrected chi connectivity index (χ1v) is 11.2. The Balaban J connectivity index is 1.31. The molecule has 0 unspecified atom stereocenters. The van der Waals surface area contributed by atoms with Crippen molar-refractivity contribution >= 4 is 33.0 Å².